The van der Waals surface area contributed by atoms with Gasteiger partial charge in [-0.15, -0.1) is 0 Å². The number of carbonyl (C=O) groups excluding carboxylic acids is 9. The minimum absolute atomic E-state index is 0.00114. The molecule has 9 amide bonds. The molecule has 43 heteroatoms. The molecule has 111 heavy (non-hydrogen) atoms. The zero-order chi connectivity index (χ0) is 82.2. The van der Waals surface area contributed by atoms with Crippen molar-refractivity contribution in [2.45, 2.75) is 163 Å². The molecule has 3 aromatic rings. The number of nitrogens with two attached hydrogens (primary N) is 8. The van der Waals surface area contributed by atoms with Crippen molar-refractivity contribution in [1.82, 2.24) is 79.8 Å². The van der Waals surface area contributed by atoms with Crippen LogP contribution in [0.2, 0.25) is 0 Å². The number of aliphatic hydroxyl groups is 1. The summed E-state index contributed by atoms with van der Waals surface area (Å²) >= 11 is 0. The number of unbranched alkanes of at least 4 members (excludes halogenated alkanes) is 2. The Morgan fingerprint density at radius 2 is 0.622 bits per heavy atom. The van der Waals surface area contributed by atoms with Gasteiger partial charge in [-0.1, -0.05) is 24.6 Å². The molecule has 0 saturated carbocycles. The smallest absolute Gasteiger partial charge is 0.251 e. The molecule has 0 spiro atoms. The van der Waals surface area contributed by atoms with Gasteiger partial charge in [0.1, 0.15) is 70.9 Å². The van der Waals surface area contributed by atoms with Gasteiger partial charge in [0.2, 0.25) is 47.3 Å². The molecule has 43 nitrogen and oxygen atoms in total. The van der Waals surface area contributed by atoms with Crippen molar-refractivity contribution >= 4 is 94.9 Å². The van der Waals surface area contributed by atoms with Crippen LogP contribution in [-0.4, -0.2) is 205 Å². The first-order chi connectivity index (χ1) is 52.7. The first-order valence-electron chi connectivity index (χ1n) is 36.1. The predicted octanol–water partition coefficient (Wildman–Crippen LogP) is -5.50. The van der Waals surface area contributed by atoms with Crippen molar-refractivity contribution in [2.24, 2.45) is 45.9 Å². The van der Waals surface area contributed by atoms with Crippen molar-refractivity contribution in [1.29, 1.82) is 37.9 Å². The summed E-state index contributed by atoms with van der Waals surface area (Å²) in [5.74, 6) is -10.4. The Hall–Kier alpha value is -12.9. The molecule has 3 aromatic carbocycles. The lowest BCUT2D eigenvalue weighted by Gasteiger charge is -2.37. The molecule has 1 aliphatic heterocycles. The highest BCUT2D eigenvalue weighted by Gasteiger charge is 2.45. The Balaban J connectivity index is 1.58. The second-order valence-corrected chi connectivity index (χ2v) is 26.1. The predicted molar refractivity (Wildman–Crippen MR) is 412 cm³/mol. The van der Waals surface area contributed by atoms with Gasteiger partial charge in [0.25, 0.3) is 5.91 Å². The van der Waals surface area contributed by atoms with Crippen molar-refractivity contribution < 1.29 is 63.2 Å². The van der Waals surface area contributed by atoms with E-state index in [0.29, 0.717) is 12.8 Å². The van der Waals surface area contributed by atoms with Gasteiger partial charge >= 0.3 is 0 Å². The molecule has 0 unspecified atom stereocenters. The van der Waals surface area contributed by atoms with Gasteiger partial charge in [0.05, 0.1) is 0 Å². The SMILES string of the molecule is N=C(N)NCCC[C@H](NC(=O)[C@H](CCCNC(=N)N)NC(=O)[C@H](CCCNC(=N)N)NC(=O)[C@H](CCCNC(=N)N)NC(=O)[C@H](CCCNC(=N)N)NC(=O)[C@H](CCCNC(=N)N)NC(=O)[C@H](CCCNC(=N)N)NC(=O)CCCCCNC(=O)c1ccccc1C1(O)c2ccc(O)cc2Oc2cc(O)ccc21)C(N)=O. The van der Waals surface area contributed by atoms with E-state index in [9.17, 15) is 58.5 Å². The number of phenols is 2. The van der Waals surface area contributed by atoms with Gasteiger partial charge in [-0.25, -0.2) is 0 Å². The molecular weight excluding hydrogens is 1440 g/mol. The molecule has 1 heterocycles. The largest absolute Gasteiger partial charge is 0.508 e. The number of rotatable bonds is 50. The molecular formula is C68H110N30O13. The van der Waals surface area contributed by atoms with E-state index in [4.69, 9.17) is 88.5 Å². The number of amides is 9. The topological polar surface area (TPSA) is 779 Å². The third-order valence-corrected chi connectivity index (χ3v) is 17.2. The minimum Gasteiger partial charge on any atom is -0.508 e. The standard InChI is InChI=1S/C68H110N30O13/c69-53(102)43(15-6-28-85-61(70)71)93-56(105)45(17-8-30-87-63(74)75)95-58(107)47(19-10-32-89-65(78)79)97-60(109)49(21-12-34-91-67(82)83)98-59(108)48(20-11-33-90-66(80)81)96-57(106)46(18-9-31-88-64(76)77)94-55(104)44(16-7-29-86-62(72)73)92-52(101)22-2-1-5-27-84-54(103)39-13-3-4-14-40(39)68(110)41-25-23-37(99)35-50(41)111-51-36-38(100)24-26-42(51)68/h3-4,13-14,23-26,35-36,43-49,99-100,110H,1-2,5-12,15-22,27-34H2,(H2,69,102)(H,84,103)(H,92,101)(H,93,105)(H,94,104)(H,95,107)(H,96,106)(H,97,109)(H,98,108)(H4,70,71,85)(H4,72,73,86)(H4,74,75,87)(H4,76,77,88)(H4,78,79,89)(H4,80,81,90)(H4,82,83,91)/t43-,44-,45-,46-,47-,48-,49-/m0/s1. The number of hydrogen-bond acceptors (Lipinski definition) is 20. The molecule has 0 radical (unpaired) electrons. The molecule has 610 valence electrons. The second-order valence-electron chi connectivity index (χ2n) is 26.1. The van der Waals surface area contributed by atoms with Gasteiger partial charge in [-0.2, -0.15) is 0 Å². The highest BCUT2D eigenvalue weighted by molar-refractivity contribution is 5.99. The van der Waals surface area contributed by atoms with Crippen molar-refractivity contribution in [3.05, 3.63) is 82.9 Å². The third-order valence-electron chi connectivity index (χ3n) is 17.2. The van der Waals surface area contributed by atoms with Gasteiger partial charge < -0.3 is 146 Å². The van der Waals surface area contributed by atoms with Gasteiger partial charge in [0, 0.05) is 93.2 Å². The lowest BCUT2D eigenvalue weighted by Crippen LogP contribution is -2.60. The average molecular weight is 1560 g/mol. The van der Waals surface area contributed by atoms with Crippen LogP contribution in [-0.2, 0) is 44.0 Å². The summed E-state index contributed by atoms with van der Waals surface area (Å²) in [6.45, 7) is 0.474. The first kappa shape index (κ1) is 90.5. The number of nitrogens with one attached hydrogen (secondary N) is 22. The number of fused-ring (bicyclic) bond motifs is 2. The molecule has 0 fully saturated rings. The summed E-state index contributed by atoms with van der Waals surface area (Å²) in [6, 6.07) is 4.63. The molecule has 4 rings (SSSR count). The van der Waals surface area contributed by atoms with Gasteiger partial charge in [-0.3, -0.25) is 81.0 Å². The Labute approximate surface area is 641 Å². The van der Waals surface area contributed by atoms with E-state index in [1.165, 1.54) is 42.5 Å². The second kappa shape index (κ2) is 47.1. The van der Waals surface area contributed by atoms with E-state index in [2.05, 4.69) is 79.8 Å². The summed E-state index contributed by atoms with van der Waals surface area (Å²) in [7, 11) is 0. The number of aromatic hydroxyl groups is 2. The Morgan fingerprint density at radius 3 is 0.928 bits per heavy atom. The Morgan fingerprint density at radius 1 is 0.342 bits per heavy atom. The van der Waals surface area contributed by atoms with E-state index < -0.39 is 125 Å². The van der Waals surface area contributed by atoms with E-state index in [1.807, 2.05) is 0 Å². The van der Waals surface area contributed by atoms with Crippen LogP contribution in [0.25, 0.3) is 0 Å². The van der Waals surface area contributed by atoms with Crippen LogP contribution in [0.5, 0.6) is 23.0 Å². The summed E-state index contributed by atoms with van der Waals surface area (Å²) in [4.78, 5) is 128. The van der Waals surface area contributed by atoms with Crippen LogP contribution in [0.4, 0.5) is 0 Å². The van der Waals surface area contributed by atoms with Crippen molar-refractivity contribution in [2.75, 3.05) is 52.4 Å². The third kappa shape index (κ3) is 32.6. The van der Waals surface area contributed by atoms with Crippen LogP contribution >= 0.6 is 0 Å². The minimum atomic E-state index is -1.98. The van der Waals surface area contributed by atoms with Crippen LogP contribution in [0.15, 0.2) is 60.7 Å². The zero-order valence-electron chi connectivity index (χ0n) is 61.7. The van der Waals surface area contributed by atoms with E-state index in [-0.39, 0.29) is 218 Å². The number of guanidine groups is 7. The molecule has 0 aliphatic carbocycles. The van der Waals surface area contributed by atoms with Gasteiger partial charge in [0.15, 0.2) is 41.7 Å². The number of carbonyl (C=O) groups is 9. The lowest BCUT2D eigenvalue weighted by molar-refractivity contribution is -0.136. The molecule has 41 N–H and O–H groups in total. The van der Waals surface area contributed by atoms with E-state index in [0.717, 1.165) is 0 Å². The fourth-order valence-corrected chi connectivity index (χ4v) is 11.7. The molecule has 0 aromatic heterocycles. The molecule has 7 atom stereocenters. The van der Waals surface area contributed by atoms with Crippen LogP contribution < -0.4 is 130 Å². The Bertz CT molecular complexity index is 3700. The maximum atomic E-state index is 14.8. The number of ether oxygens (including phenoxy) is 1. The number of hydrogen-bond donors (Lipinski definition) is 33. The first-order valence-corrected chi connectivity index (χ1v) is 36.1. The van der Waals surface area contributed by atoms with E-state index in [1.54, 1.807) is 18.2 Å². The van der Waals surface area contributed by atoms with Crippen molar-refractivity contribution in [3.63, 3.8) is 0 Å². The van der Waals surface area contributed by atoms with Crippen molar-refractivity contribution in [3.8, 4) is 23.0 Å². The quantitative estimate of drug-likeness (QED) is 0.0142. The summed E-state index contributed by atoms with van der Waals surface area (Å²) < 4.78 is 5.97. The number of primary amides is 1. The van der Waals surface area contributed by atoms with E-state index >= 15 is 0 Å². The lowest BCUT2D eigenvalue weighted by atomic mass is 9.76. The number of benzene rings is 3. The fourth-order valence-electron chi connectivity index (χ4n) is 11.7. The van der Waals surface area contributed by atoms with Crippen LogP contribution in [0.3, 0.4) is 0 Å². The molecule has 0 saturated heterocycles. The fraction of sp³-hybridized carbons (Fsp3) is 0.500. The Kier molecular flexibility index (Phi) is 38.4. The van der Waals surface area contributed by atoms with Crippen LogP contribution in [0.1, 0.15) is 143 Å². The summed E-state index contributed by atoms with van der Waals surface area (Å²) in [5.41, 5.74) is 43.0. The zero-order valence-corrected chi connectivity index (χ0v) is 61.7. The molecule has 1 aliphatic rings. The van der Waals surface area contributed by atoms with Gasteiger partial charge in [-0.05, 0) is 133 Å². The monoisotopic (exact) mass is 1550 g/mol. The summed E-state index contributed by atoms with van der Waals surface area (Å²) in [6.07, 6.45) is 0.754. The van der Waals surface area contributed by atoms with Crippen LogP contribution in [0, 0.1) is 37.9 Å². The molecule has 0 bridgehead atoms. The average Bonchev–Trinajstić information content (AvgIpc) is 0.720. The number of phenolic OH excluding ortho intramolecular Hbond substituents is 2. The summed E-state index contributed by atoms with van der Waals surface area (Å²) in [5, 5.41) is 126. The maximum Gasteiger partial charge on any atom is 0.251 e. The highest BCUT2D eigenvalue weighted by atomic mass is 16.5. The highest BCUT2D eigenvalue weighted by Crippen LogP contribution is 2.52. The maximum absolute atomic E-state index is 14.8. The normalized spacial score (nSPS) is 13.4.